The fourth-order valence-electron chi connectivity index (χ4n) is 2.92. The molecule has 24 heavy (non-hydrogen) atoms. The van der Waals surface area contributed by atoms with Gasteiger partial charge >= 0.3 is 0 Å². The van der Waals surface area contributed by atoms with E-state index >= 15 is 0 Å². The first kappa shape index (κ1) is 16.1. The zero-order chi connectivity index (χ0) is 16.9. The third kappa shape index (κ3) is 3.97. The molecule has 0 radical (unpaired) electrons. The first-order valence-corrected chi connectivity index (χ1v) is 7.96. The van der Waals surface area contributed by atoms with Gasteiger partial charge in [-0.3, -0.25) is 9.69 Å². The van der Waals surface area contributed by atoms with E-state index in [1.807, 2.05) is 0 Å². The number of hydrogen-bond acceptors (Lipinski definition) is 6. The van der Waals surface area contributed by atoms with Crippen LogP contribution in [0.5, 0.6) is 0 Å². The van der Waals surface area contributed by atoms with E-state index in [-0.39, 0.29) is 11.9 Å². The molecule has 0 spiro atoms. The Balaban J connectivity index is 1.58. The van der Waals surface area contributed by atoms with E-state index < -0.39 is 0 Å². The molecule has 1 aromatic heterocycles. The van der Waals surface area contributed by atoms with Crippen LogP contribution in [0.25, 0.3) is 0 Å². The highest BCUT2D eigenvalue weighted by atomic mass is 16.5. The third-order valence-corrected chi connectivity index (χ3v) is 4.03. The van der Waals surface area contributed by atoms with Gasteiger partial charge in [-0.05, 0) is 37.6 Å². The van der Waals surface area contributed by atoms with E-state index in [1.54, 1.807) is 31.2 Å². The minimum absolute atomic E-state index is 0.0741. The van der Waals surface area contributed by atoms with Crippen molar-refractivity contribution in [3.63, 3.8) is 0 Å². The second kappa shape index (κ2) is 7.23. The molecule has 3 rings (SSSR count). The summed E-state index contributed by atoms with van der Waals surface area (Å²) in [6.45, 7) is 4.08. The summed E-state index contributed by atoms with van der Waals surface area (Å²) >= 11 is 0. The van der Waals surface area contributed by atoms with Gasteiger partial charge in [0.25, 0.3) is 5.91 Å². The normalized spacial score (nSPS) is 18.1. The second-order valence-electron chi connectivity index (χ2n) is 5.97. The molecule has 1 saturated heterocycles. The van der Waals surface area contributed by atoms with Crippen molar-refractivity contribution >= 4 is 5.91 Å². The summed E-state index contributed by atoms with van der Waals surface area (Å²) in [5, 5.41) is 15.9. The van der Waals surface area contributed by atoms with Crippen molar-refractivity contribution in [3.05, 3.63) is 47.1 Å². The van der Waals surface area contributed by atoms with Crippen LogP contribution < -0.4 is 5.32 Å². The van der Waals surface area contributed by atoms with Crippen molar-refractivity contribution in [1.29, 1.82) is 5.26 Å². The smallest absolute Gasteiger partial charge is 0.251 e. The lowest BCUT2D eigenvalue weighted by molar-refractivity contribution is 0.0899. The predicted octanol–water partition coefficient (Wildman–Crippen LogP) is 1.64. The maximum absolute atomic E-state index is 12.4. The number of nitrogens with zero attached hydrogens (tertiary/aromatic N) is 4. The highest BCUT2D eigenvalue weighted by Gasteiger charge is 2.23. The van der Waals surface area contributed by atoms with Crippen LogP contribution in [0.2, 0.25) is 0 Å². The van der Waals surface area contributed by atoms with Gasteiger partial charge in [0.2, 0.25) is 5.89 Å². The molecule has 1 unspecified atom stereocenters. The lowest BCUT2D eigenvalue weighted by Gasteiger charge is -2.32. The monoisotopic (exact) mass is 325 g/mol. The highest BCUT2D eigenvalue weighted by molar-refractivity contribution is 5.94. The minimum atomic E-state index is -0.144. The first-order chi connectivity index (χ1) is 11.6. The predicted molar refractivity (Wildman–Crippen MR) is 86.0 cm³/mol. The van der Waals surface area contributed by atoms with Crippen LogP contribution in [-0.2, 0) is 6.54 Å². The molecule has 124 valence electrons. The topological polar surface area (TPSA) is 95.1 Å². The Bertz CT molecular complexity index is 764. The number of carbonyl (C=O) groups is 1. The summed E-state index contributed by atoms with van der Waals surface area (Å²) in [5.74, 6) is 1.08. The molecule has 2 heterocycles. The number of aromatic nitrogens is 2. The Hall–Kier alpha value is -2.72. The molecule has 1 aliphatic rings. The van der Waals surface area contributed by atoms with Crippen molar-refractivity contribution in [1.82, 2.24) is 20.4 Å². The Morgan fingerprint density at radius 1 is 1.54 bits per heavy atom. The summed E-state index contributed by atoms with van der Waals surface area (Å²) in [6.07, 6.45) is 1.94. The van der Waals surface area contributed by atoms with E-state index in [2.05, 4.69) is 26.4 Å². The number of rotatable bonds is 4. The lowest BCUT2D eigenvalue weighted by atomic mass is 10.0. The number of aryl methyl sites for hydroxylation is 1. The quantitative estimate of drug-likeness (QED) is 0.918. The Kier molecular flexibility index (Phi) is 4.87. The number of likely N-dealkylation sites (tertiary alicyclic amines) is 1. The third-order valence-electron chi connectivity index (χ3n) is 4.03. The van der Waals surface area contributed by atoms with Crippen molar-refractivity contribution in [2.24, 2.45) is 0 Å². The molecule has 1 fully saturated rings. The summed E-state index contributed by atoms with van der Waals surface area (Å²) in [6, 6.07) is 8.86. The van der Waals surface area contributed by atoms with Gasteiger partial charge in [-0.1, -0.05) is 11.2 Å². The number of nitrogens with one attached hydrogen (secondary N) is 1. The number of hydrogen-bond donors (Lipinski definition) is 1. The first-order valence-electron chi connectivity index (χ1n) is 7.96. The summed E-state index contributed by atoms with van der Waals surface area (Å²) in [7, 11) is 0. The average molecular weight is 325 g/mol. The molecule has 2 aromatic rings. The number of benzene rings is 1. The SMILES string of the molecule is Cc1nc(CN2CCCC(NC(=O)c3cccc(C#N)c3)C2)no1. The van der Waals surface area contributed by atoms with Crippen molar-refractivity contribution < 1.29 is 9.32 Å². The van der Waals surface area contributed by atoms with E-state index in [9.17, 15) is 4.79 Å². The van der Waals surface area contributed by atoms with Gasteiger partial charge in [-0.15, -0.1) is 0 Å². The van der Waals surface area contributed by atoms with Crippen molar-refractivity contribution in [3.8, 4) is 6.07 Å². The Morgan fingerprint density at radius 2 is 2.42 bits per heavy atom. The summed E-state index contributed by atoms with van der Waals surface area (Å²) < 4.78 is 4.99. The van der Waals surface area contributed by atoms with Gasteiger partial charge in [-0.25, -0.2) is 0 Å². The van der Waals surface area contributed by atoms with Gasteiger partial charge in [0.15, 0.2) is 5.82 Å². The number of carbonyl (C=O) groups excluding carboxylic acids is 1. The minimum Gasteiger partial charge on any atom is -0.348 e. The molecule has 1 aliphatic heterocycles. The van der Waals surface area contributed by atoms with Crippen LogP contribution in [0.1, 0.15) is 40.5 Å². The maximum atomic E-state index is 12.4. The zero-order valence-electron chi connectivity index (χ0n) is 13.5. The molecule has 1 amide bonds. The van der Waals surface area contributed by atoms with Crippen LogP contribution >= 0.6 is 0 Å². The second-order valence-corrected chi connectivity index (χ2v) is 5.97. The average Bonchev–Trinajstić information content (AvgIpc) is 3.00. The fraction of sp³-hybridized carbons (Fsp3) is 0.412. The van der Waals surface area contributed by atoms with Gasteiger partial charge in [0.1, 0.15) is 0 Å². The Morgan fingerprint density at radius 3 is 3.17 bits per heavy atom. The number of piperidine rings is 1. The van der Waals surface area contributed by atoms with Crippen molar-refractivity contribution in [2.45, 2.75) is 32.4 Å². The van der Waals surface area contributed by atoms with Crippen molar-refractivity contribution in [2.75, 3.05) is 13.1 Å². The van der Waals surface area contributed by atoms with Crippen LogP contribution in [0.3, 0.4) is 0 Å². The van der Waals surface area contributed by atoms with Crippen LogP contribution in [0.15, 0.2) is 28.8 Å². The van der Waals surface area contributed by atoms with Crippen LogP contribution in [0.4, 0.5) is 0 Å². The highest BCUT2D eigenvalue weighted by Crippen LogP contribution is 2.14. The number of amides is 1. The van der Waals surface area contributed by atoms with E-state index in [0.717, 1.165) is 25.9 Å². The fourth-order valence-corrected chi connectivity index (χ4v) is 2.92. The molecular formula is C17H19N5O2. The number of nitriles is 1. The van der Waals surface area contributed by atoms with Gasteiger partial charge in [0.05, 0.1) is 18.2 Å². The standard InChI is InChI=1S/C17H19N5O2/c1-12-19-16(21-24-12)11-22-7-3-6-15(10-22)20-17(23)14-5-2-4-13(8-14)9-18/h2,4-5,8,15H,3,6-7,10-11H2,1H3,(H,20,23). The largest absolute Gasteiger partial charge is 0.348 e. The van der Waals surface area contributed by atoms with Gasteiger partial charge in [0, 0.05) is 25.1 Å². The molecule has 0 saturated carbocycles. The summed E-state index contributed by atoms with van der Waals surface area (Å²) in [5.41, 5.74) is 1.00. The Labute approximate surface area is 140 Å². The van der Waals surface area contributed by atoms with E-state index in [0.29, 0.717) is 29.4 Å². The summed E-state index contributed by atoms with van der Waals surface area (Å²) in [4.78, 5) is 18.8. The van der Waals surface area contributed by atoms with Crippen LogP contribution in [0, 0.1) is 18.3 Å². The molecule has 0 aliphatic carbocycles. The van der Waals surface area contributed by atoms with E-state index in [1.165, 1.54) is 0 Å². The molecule has 1 aromatic carbocycles. The van der Waals surface area contributed by atoms with Gasteiger partial charge in [-0.2, -0.15) is 10.2 Å². The molecule has 0 bridgehead atoms. The maximum Gasteiger partial charge on any atom is 0.251 e. The molecule has 1 atom stereocenters. The molecule has 7 nitrogen and oxygen atoms in total. The van der Waals surface area contributed by atoms with E-state index in [4.69, 9.17) is 9.78 Å². The molecule has 1 N–H and O–H groups in total. The zero-order valence-corrected chi connectivity index (χ0v) is 13.5. The van der Waals surface area contributed by atoms with Crippen LogP contribution in [-0.4, -0.2) is 40.1 Å². The lowest BCUT2D eigenvalue weighted by Crippen LogP contribution is -2.47. The molecular weight excluding hydrogens is 306 g/mol. The van der Waals surface area contributed by atoms with Gasteiger partial charge < -0.3 is 9.84 Å². The molecule has 7 heteroatoms.